The number of benzene rings is 1. The molecule has 20 heavy (non-hydrogen) atoms. The fraction of sp³-hybridized carbons (Fsp3) is 0. The normalized spacial score (nSPS) is 11.2. The number of phenols is 1. The van der Waals surface area contributed by atoms with E-state index in [1.807, 2.05) is 24.3 Å². The summed E-state index contributed by atoms with van der Waals surface area (Å²) in [6.07, 6.45) is 3.28. The Bertz CT molecular complexity index is 914. The number of fused-ring (bicyclic) bond motifs is 3. The molecule has 0 aliphatic heterocycles. The first-order valence-corrected chi connectivity index (χ1v) is 6.07. The molecule has 6 nitrogen and oxygen atoms in total. The van der Waals surface area contributed by atoms with Gasteiger partial charge in [0.2, 0.25) is 0 Å². The monoisotopic (exact) mass is 263 g/mol. The number of rotatable bonds is 1. The van der Waals surface area contributed by atoms with E-state index < -0.39 is 0 Å². The Labute approximate surface area is 113 Å². The minimum Gasteiger partial charge on any atom is -0.508 e. The average molecular weight is 263 g/mol. The number of hydrogen-bond acceptors (Lipinski definition) is 5. The zero-order chi connectivity index (χ0) is 13.5. The molecule has 0 spiro atoms. The van der Waals surface area contributed by atoms with E-state index in [1.165, 1.54) is 0 Å². The molecule has 0 bridgehead atoms. The molecule has 3 heterocycles. The Morgan fingerprint density at radius 3 is 2.75 bits per heavy atom. The maximum absolute atomic E-state index is 9.39. The summed E-state index contributed by atoms with van der Waals surface area (Å²) in [4.78, 5) is 4.40. The number of nitrogens with zero attached hydrogens (tertiary/aromatic N) is 5. The predicted molar refractivity (Wildman–Crippen MR) is 73.2 cm³/mol. The van der Waals surface area contributed by atoms with Crippen molar-refractivity contribution in [1.82, 2.24) is 24.8 Å². The van der Waals surface area contributed by atoms with Crippen molar-refractivity contribution in [1.29, 1.82) is 0 Å². The van der Waals surface area contributed by atoms with Crippen LogP contribution in [0.25, 0.3) is 27.8 Å². The van der Waals surface area contributed by atoms with Crippen LogP contribution in [0.4, 0.5) is 0 Å². The van der Waals surface area contributed by atoms with E-state index in [0.717, 1.165) is 22.2 Å². The SMILES string of the molecule is Oc1ccc(-c2nn3cnnc3c3cccnc23)cc1. The van der Waals surface area contributed by atoms with E-state index in [-0.39, 0.29) is 5.75 Å². The Morgan fingerprint density at radius 2 is 1.90 bits per heavy atom. The topological polar surface area (TPSA) is 76.2 Å². The van der Waals surface area contributed by atoms with Crippen molar-refractivity contribution in [2.45, 2.75) is 0 Å². The van der Waals surface area contributed by atoms with Gasteiger partial charge in [0.05, 0.1) is 0 Å². The van der Waals surface area contributed by atoms with E-state index in [4.69, 9.17) is 0 Å². The predicted octanol–water partition coefficient (Wildman–Crippen LogP) is 2.05. The van der Waals surface area contributed by atoms with Crippen molar-refractivity contribution in [3.8, 4) is 17.0 Å². The second-order valence-corrected chi connectivity index (χ2v) is 4.39. The van der Waals surface area contributed by atoms with E-state index in [1.54, 1.807) is 29.2 Å². The molecular weight excluding hydrogens is 254 g/mol. The summed E-state index contributed by atoms with van der Waals surface area (Å²) < 4.78 is 1.63. The summed E-state index contributed by atoms with van der Waals surface area (Å²) in [6.45, 7) is 0. The Morgan fingerprint density at radius 1 is 1.05 bits per heavy atom. The molecule has 0 aliphatic carbocycles. The van der Waals surface area contributed by atoms with Gasteiger partial charge in [0, 0.05) is 17.1 Å². The van der Waals surface area contributed by atoms with Crippen LogP contribution < -0.4 is 0 Å². The average Bonchev–Trinajstić information content (AvgIpc) is 2.96. The van der Waals surface area contributed by atoms with Crippen LogP contribution in [-0.4, -0.2) is 29.9 Å². The smallest absolute Gasteiger partial charge is 0.186 e. The molecule has 1 aromatic carbocycles. The molecule has 6 heteroatoms. The lowest BCUT2D eigenvalue weighted by Gasteiger charge is -2.06. The summed E-state index contributed by atoms with van der Waals surface area (Å²) in [7, 11) is 0. The van der Waals surface area contributed by atoms with Crippen LogP contribution in [0.5, 0.6) is 5.75 Å². The summed E-state index contributed by atoms with van der Waals surface area (Å²) in [6, 6.07) is 10.7. The lowest BCUT2D eigenvalue weighted by atomic mass is 10.1. The molecule has 4 aromatic rings. The van der Waals surface area contributed by atoms with Gasteiger partial charge in [-0.25, -0.2) is 0 Å². The highest BCUT2D eigenvalue weighted by molar-refractivity contribution is 5.98. The van der Waals surface area contributed by atoms with Gasteiger partial charge in [0.1, 0.15) is 23.3 Å². The van der Waals surface area contributed by atoms with E-state index in [9.17, 15) is 5.11 Å². The maximum Gasteiger partial charge on any atom is 0.186 e. The zero-order valence-corrected chi connectivity index (χ0v) is 10.3. The van der Waals surface area contributed by atoms with Crippen LogP contribution in [0.2, 0.25) is 0 Å². The van der Waals surface area contributed by atoms with Crippen molar-refractivity contribution in [3.63, 3.8) is 0 Å². The van der Waals surface area contributed by atoms with E-state index in [0.29, 0.717) is 5.65 Å². The van der Waals surface area contributed by atoms with Crippen LogP contribution >= 0.6 is 0 Å². The largest absolute Gasteiger partial charge is 0.508 e. The highest BCUT2D eigenvalue weighted by Gasteiger charge is 2.12. The Kier molecular flexibility index (Phi) is 2.17. The van der Waals surface area contributed by atoms with Crippen LogP contribution in [0, 0.1) is 0 Å². The van der Waals surface area contributed by atoms with Crippen LogP contribution in [0.3, 0.4) is 0 Å². The van der Waals surface area contributed by atoms with Gasteiger partial charge < -0.3 is 5.11 Å². The third kappa shape index (κ3) is 1.51. The van der Waals surface area contributed by atoms with Crippen LogP contribution in [-0.2, 0) is 0 Å². The van der Waals surface area contributed by atoms with Gasteiger partial charge in [-0.15, -0.1) is 10.2 Å². The van der Waals surface area contributed by atoms with Gasteiger partial charge in [-0.1, -0.05) is 0 Å². The zero-order valence-electron chi connectivity index (χ0n) is 10.3. The summed E-state index contributed by atoms with van der Waals surface area (Å²) in [5.41, 5.74) is 3.05. The van der Waals surface area contributed by atoms with Crippen LogP contribution in [0.1, 0.15) is 0 Å². The number of aromatic nitrogens is 5. The van der Waals surface area contributed by atoms with E-state index >= 15 is 0 Å². The molecule has 3 aromatic heterocycles. The van der Waals surface area contributed by atoms with Crippen molar-refractivity contribution in [2.24, 2.45) is 0 Å². The second-order valence-electron chi connectivity index (χ2n) is 4.39. The lowest BCUT2D eigenvalue weighted by molar-refractivity contribution is 0.475. The van der Waals surface area contributed by atoms with Gasteiger partial charge in [0.15, 0.2) is 5.65 Å². The lowest BCUT2D eigenvalue weighted by Crippen LogP contribution is -1.97. The minimum atomic E-state index is 0.219. The Hall–Kier alpha value is -3.02. The van der Waals surface area contributed by atoms with Gasteiger partial charge in [-0.2, -0.15) is 9.61 Å². The van der Waals surface area contributed by atoms with Crippen molar-refractivity contribution in [3.05, 3.63) is 48.9 Å². The highest BCUT2D eigenvalue weighted by atomic mass is 16.3. The van der Waals surface area contributed by atoms with E-state index in [2.05, 4.69) is 20.3 Å². The third-order valence-electron chi connectivity index (χ3n) is 3.15. The molecule has 0 saturated carbocycles. The first kappa shape index (κ1) is 10.9. The molecule has 0 fully saturated rings. The molecule has 0 aliphatic rings. The number of hydrogen-bond donors (Lipinski definition) is 1. The molecule has 0 saturated heterocycles. The standard InChI is InChI=1S/C14H9N5O/c20-10-5-3-9(4-6-10)12-13-11(2-1-7-15-13)14-17-16-8-19(14)18-12/h1-8,20H. The summed E-state index contributed by atoms with van der Waals surface area (Å²) >= 11 is 0. The molecular formula is C14H9N5O. The number of pyridine rings is 1. The van der Waals surface area contributed by atoms with Gasteiger partial charge in [-0.05, 0) is 36.4 Å². The van der Waals surface area contributed by atoms with Crippen molar-refractivity contribution < 1.29 is 5.11 Å². The van der Waals surface area contributed by atoms with Gasteiger partial charge >= 0.3 is 0 Å². The molecule has 0 amide bonds. The van der Waals surface area contributed by atoms with Crippen LogP contribution in [0.15, 0.2) is 48.9 Å². The quantitative estimate of drug-likeness (QED) is 0.568. The first-order valence-electron chi connectivity index (χ1n) is 6.07. The van der Waals surface area contributed by atoms with Gasteiger partial charge in [0.25, 0.3) is 0 Å². The molecule has 0 radical (unpaired) electrons. The number of aromatic hydroxyl groups is 1. The highest BCUT2D eigenvalue weighted by Crippen LogP contribution is 2.27. The summed E-state index contributed by atoms with van der Waals surface area (Å²) in [5, 5.41) is 22.7. The molecule has 96 valence electrons. The molecule has 4 rings (SSSR count). The Balaban J connectivity index is 2.13. The number of phenolic OH excluding ortho intramolecular Hbond substituents is 1. The minimum absolute atomic E-state index is 0.219. The molecule has 1 N–H and O–H groups in total. The molecule has 0 unspecified atom stereocenters. The fourth-order valence-electron chi connectivity index (χ4n) is 2.22. The van der Waals surface area contributed by atoms with Gasteiger partial charge in [-0.3, -0.25) is 4.98 Å². The summed E-state index contributed by atoms with van der Waals surface area (Å²) in [5.74, 6) is 0.219. The second kappa shape index (κ2) is 3.99. The van der Waals surface area contributed by atoms with Crippen molar-refractivity contribution >= 4 is 16.6 Å². The maximum atomic E-state index is 9.39. The first-order chi connectivity index (χ1) is 9.83. The van der Waals surface area contributed by atoms with Crippen molar-refractivity contribution in [2.75, 3.05) is 0 Å². The fourth-order valence-corrected chi connectivity index (χ4v) is 2.22. The molecule has 0 atom stereocenters. The third-order valence-corrected chi connectivity index (χ3v) is 3.15.